The summed E-state index contributed by atoms with van der Waals surface area (Å²) < 4.78 is 27.5. The second kappa shape index (κ2) is 8.29. The number of carbonyl (C=O) groups is 1. The molecular weight excluding hydrogens is 429 g/mol. The van der Waals surface area contributed by atoms with Crippen LogP contribution >= 0.6 is 0 Å². The maximum absolute atomic E-state index is 15.1. The Morgan fingerprint density at radius 3 is 2.97 bits per heavy atom. The van der Waals surface area contributed by atoms with Crippen LogP contribution in [0.25, 0.3) is 5.65 Å². The summed E-state index contributed by atoms with van der Waals surface area (Å²) >= 11 is 0. The molecule has 0 aliphatic heterocycles. The highest BCUT2D eigenvalue weighted by Crippen LogP contribution is 2.39. The van der Waals surface area contributed by atoms with Crippen LogP contribution in [0.2, 0.25) is 0 Å². The first-order valence-corrected chi connectivity index (χ1v) is 11.1. The average molecular weight is 458 g/mol. The monoisotopic (exact) mass is 457 g/mol. The van der Waals surface area contributed by atoms with E-state index in [1.54, 1.807) is 19.4 Å². The predicted molar refractivity (Wildman–Crippen MR) is 118 cm³/mol. The number of rotatable bonds is 7. The van der Waals surface area contributed by atoms with Gasteiger partial charge in [0.05, 0.1) is 12.3 Å². The normalized spacial score (nSPS) is 23.6. The van der Waals surface area contributed by atoms with Crippen molar-refractivity contribution in [1.82, 2.24) is 29.9 Å². The lowest BCUT2D eigenvalue weighted by Crippen LogP contribution is -2.38. The Morgan fingerprint density at radius 1 is 1.39 bits per heavy atom. The van der Waals surface area contributed by atoms with Crippen LogP contribution in [0.5, 0.6) is 0 Å². The number of amides is 1. The van der Waals surface area contributed by atoms with Gasteiger partial charge in [-0.1, -0.05) is 0 Å². The van der Waals surface area contributed by atoms with E-state index >= 15 is 4.39 Å². The number of aromatic amines is 1. The van der Waals surface area contributed by atoms with Crippen LogP contribution in [-0.2, 0) is 16.1 Å². The van der Waals surface area contributed by atoms with Crippen LogP contribution in [-0.4, -0.2) is 55.6 Å². The Morgan fingerprint density at radius 2 is 2.21 bits per heavy atom. The van der Waals surface area contributed by atoms with Crippen LogP contribution in [0.3, 0.4) is 0 Å². The zero-order chi connectivity index (χ0) is 23.2. The molecule has 5 rings (SSSR count). The van der Waals surface area contributed by atoms with Crippen molar-refractivity contribution < 1.29 is 18.7 Å². The van der Waals surface area contributed by atoms with E-state index in [4.69, 9.17) is 9.47 Å². The molecule has 2 saturated carbocycles. The lowest BCUT2D eigenvalue weighted by atomic mass is 10.0. The van der Waals surface area contributed by atoms with E-state index in [-0.39, 0.29) is 5.54 Å². The molecule has 3 aromatic heterocycles. The number of hydrogen-bond donors (Lipinski definition) is 3. The third-order valence-electron chi connectivity index (χ3n) is 6.41. The number of nitrogens with zero attached hydrogens (tertiary/aromatic N) is 4. The van der Waals surface area contributed by atoms with E-state index in [0.717, 1.165) is 29.7 Å². The van der Waals surface area contributed by atoms with Gasteiger partial charge in [-0.2, -0.15) is 5.10 Å². The van der Waals surface area contributed by atoms with Crippen molar-refractivity contribution in [2.24, 2.45) is 0 Å². The fourth-order valence-electron chi connectivity index (χ4n) is 4.26. The highest BCUT2D eigenvalue weighted by atomic mass is 19.1. The van der Waals surface area contributed by atoms with Gasteiger partial charge in [-0.15, -0.1) is 0 Å². The van der Waals surface area contributed by atoms with Gasteiger partial charge in [-0.25, -0.2) is 19.2 Å². The number of H-pyrrole nitrogens is 1. The fraction of sp³-hybridized carbons (Fsp3) is 0.545. The first-order chi connectivity index (χ1) is 15.8. The molecule has 3 atom stereocenters. The topological polar surface area (TPSA) is 118 Å². The Balaban J connectivity index is 1.27. The number of aryl methyl sites for hydroxylation is 1. The maximum atomic E-state index is 15.1. The lowest BCUT2D eigenvalue weighted by molar-refractivity contribution is 0.0546. The number of hydrogen-bond acceptors (Lipinski definition) is 7. The van der Waals surface area contributed by atoms with Crippen molar-refractivity contribution in [3.8, 4) is 0 Å². The van der Waals surface area contributed by atoms with Crippen molar-refractivity contribution >= 4 is 23.5 Å². The molecule has 2 aliphatic carbocycles. The number of carbonyl (C=O) groups excluding carboxylic acids is 1. The fourth-order valence-corrected chi connectivity index (χ4v) is 4.26. The zero-order valence-electron chi connectivity index (χ0n) is 18.9. The lowest BCUT2D eigenvalue weighted by Gasteiger charge is -2.19. The van der Waals surface area contributed by atoms with Crippen LogP contribution in [0.4, 0.5) is 21.0 Å². The summed E-state index contributed by atoms with van der Waals surface area (Å²) in [4.78, 5) is 21.1. The van der Waals surface area contributed by atoms with Crippen molar-refractivity contribution in [2.75, 3.05) is 12.4 Å². The summed E-state index contributed by atoms with van der Waals surface area (Å²) in [5.74, 6) is 0.633. The van der Waals surface area contributed by atoms with Gasteiger partial charge in [0.15, 0.2) is 5.82 Å². The van der Waals surface area contributed by atoms with E-state index < -0.39 is 24.3 Å². The molecule has 0 radical (unpaired) electrons. The summed E-state index contributed by atoms with van der Waals surface area (Å²) in [5, 5.41) is 13.2. The van der Waals surface area contributed by atoms with Crippen LogP contribution in [0.15, 0.2) is 18.5 Å². The highest BCUT2D eigenvalue weighted by Gasteiger charge is 2.43. The van der Waals surface area contributed by atoms with Crippen LogP contribution in [0.1, 0.15) is 55.5 Å². The Labute approximate surface area is 190 Å². The summed E-state index contributed by atoms with van der Waals surface area (Å²) in [6.07, 6.45) is 3.86. The number of aromatic nitrogens is 5. The molecule has 3 aromatic rings. The third kappa shape index (κ3) is 4.37. The molecule has 0 aromatic carbocycles. The Kier molecular flexibility index (Phi) is 5.43. The van der Waals surface area contributed by atoms with E-state index in [1.807, 2.05) is 24.4 Å². The van der Waals surface area contributed by atoms with Crippen LogP contribution < -0.4 is 10.6 Å². The molecule has 33 heavy (non-hydrogen) atoms. The molecule has 0 spiro atoms. The number of imidazole rings is 1. The highest BCUT2D eigenvalue weighted by molar-refractivity contribution is 5.69. The average Bonchev–Trinajstić information content (AvgIpc) is 3.15. The van der Waals surface area contributed by atoms with Crippen molar-refractivity contribution in [3.05, 3.63) is 35.4 Å². The minimum Gasteiger partial charge on any atom is -0.443 e. The quantitative estimate of drug-likeness (QED) is 0.497. The number of halogens is 1. The maximum Gasteiger partial charge on any atom is 0.407 e. The van der Waals surface area contributed by atoms with Gasteiger partial charge in [0.2, 0.25) is 5.95 Å². The summed E-state index contributed by atoms with van der Waals surface area (Å²) in [5.41, 5.74) is 2.95. The SMILES string of the molecule is COCc1cn2c(Nc3cc([C@H]4CC[C@@H](OC(=O)NC5(C)CC5)[C@@H]4F)[nH]n3)ncc(C)c2n1. The largest absolute Gasteiger partial charge is 0.443 e. The Hall–Kier alpha value is -3.21. The standard InChI is InChI=1S/C22H28FN7O3/c1-12-9-24-20(30-10-13(11-32-3)25-19(12)30)26-17-8-15(28-29-17)14-4-5-16(18(14)23)33-21(31)27-22(2)6-7-22/h8-10,14,16,18H,4-7,11H2,1-3H3,(H,27,31)(H2,24,26,28,29)/t14-,16-,18-/m1/s1. The van der Waals surface area contributed by atoms with E-state index in [1.165, 1.54) is 0 Å². The van der Waals surface area contributed by atoms with Crippen molar-refractivity contribution in [1.29, 1.82) is 0 Å². The van der Waals surface area contributed by atoms with E-state index in [0.29, 0.717) is 36.9 Å². The van der Waals surface area contributed by atoms with Gasteiger partial charge < -0.3 is 20.1 Å². The minimum atomic E-state index is -1.30. The van der Waals surface area contributed by atoms with E-state index in [9.17, 15) is 4.79 Å². The molecule has 1 amide bonds. The first kappa shape index (κ1) is 21.6. The molecule has 176 valence electrons. The zero-order valence-corrected chi connectivity index (χ0v) is 18.9. The van der Waals surface area contributed by atoms with Gasteiger partial charge in [0.25, 0.3) is 0 Å². The number of nitrogens with one attached hydrogen (secondary N) is 3. The molecule has 11 heteroatoms. The molecular formula is C22H28FN7O3. The predicted octanol–water partition coefficient (Wildman–Crippen LogP) is 3.51. The Bertz CT molecular complexity index is 1170. The van der Waals surface area contributed by atoms with Gasteiger partial charge >= 0.3 is 6.09 Å². The molecule has 0 saturated heterocycles. The van der Waals surface area contributed by atoms with Gasteiger partial charge in [-0.05, 0) is 39.5 Å². The molecule has 3 heterocycles. The van der Waals surface area contributed by atoms with Crippen LogP contribution in [0, 0.1) is 6.92 Å². The molecule has 3 N–H and O–H groups in total. The van der Waals surface area contributed by atoms with Gasteiger partial charge in [-0.3, -0.25) is 9.50 Å². The number of anilines is 2. The second-order valence-electron chi connectivity index (χ2n) is 9.21. The third-order valence-corrected chi connectivity index (χ3v) is 6.41. The number of alkyl carbamates (subject to hydrolysis) is 1. The molecule has 0 unspecified atom stereocenters. The minimum absolute atomic E-state index is 0.195. The first-order valence-electron chi connectivity index (χ1n) is 11.1. The molecule has 2 fully saturated rings. The molecule has 2 aliphatic rings. The number of ether oxygens (including phenoxy) is 2. The van der Waals surface area contributed by atoms with Gasteiger partial charge in [0, 0.05) is 48.3 Å². The van der Waals surface area contributed by atoms with Crippen molar-refractivity contribution in [3.63, 3.8) is 0 Å². The number of fused-ring (bicyclic) bond motifs is 1. The number of methoxy groups -OCH3 is 1. The molecule has 0 bridgehead atoms. The number of alkyl halides is 1. The van der Waals surface area contributed by atoms with E-state index in [2.05, 4.69) is 30.8 Å². The molecule has 10 nitrogen and oxygen atoms in total. The van der Waals surface area contributed by atoms with Gasteiger partial charge in [0.1, 0.15) is 17.9 Å². The second-order valence-corrected chi connectivity index (χ2v) is 9.21. The summed E-state index contributed by atoms with van der Waals surface area (Å²) in [7, 11) is 1.62. The van der Waals surface area contributed by atoms with Crippen molar-refractivity contribution in [2.45, 2.75) is 69.9 Å². The summed E-state index contributed by atoms with van der Waals surface area (Å²) in [6, 6.07) is 1.77. The smallest absolute Gasteiger partial charge is 0.407 e. The summed E-state index contributed by atoms with van der Waals surface area (Å²) in [6.45, 7) is 4.29.